The number of carboxylic acids is 1. The van der Waals surface area contributed by atoms with Gasteiger partial charge in [0.05, 0.1) is 5.92 Å². The van der Waals surface area contributed by atoms with E-state index in [1.807, 2.05) is 4.90 Å². The van der Waals surface area contributed by atoms with Crippen LogP contribution in [0.3, 0.4) is 0 Å². The number of aliphatic carboxylic acids is 1. The summed E-state index contributed by atoms with van der Waals surface area (Å²) in [6.07, 6.45) is 3.29. The first-order chi connectivity index (χ1) is 8.58. The van der Waals surface area contributed by atoms with E-state index in [4.69, 9.17) is 5.11 Å². The second-order valence-corrected chi connectivity index (χ2v) is 5.49. The van der Waals surface area contributed by atoms with E-state index >= 15 is 0 Å². The van der Waals surface area contributed by atoms with Gasteiger partial charge in [-0.3, -0.25) is 14.5 Å². The van der Waals surface area contributed by atoms with Gasteiger partial charge in [-0.1, -0.05) is 13.3 Å². The highest BCUT2D eigenvalue weighted by molar-refractivity contribution is 5.79. The third kappa shape index (κ3) is 3.02. The lowest BCUT2D eigenvalue weighted by molar-refractivity contribution is -0.143. The number of carbonyl (C=O) groups excluding carboxylic acids is 1. The van der Waals surface area contributed by atoms with E-state index in [0.29, 0.717) is 12.5 Å². The first-order valence-corrected chi connectivity index (χ1v) is 6.82. The molecule has 0 aromatic heterocycles. The Morgan fingerprint density at radius 2 is 1.83 bits per heavy atom. The third-order valence-electron chi connectivity index (χ3n) is 4.09. The van der Waals surface area contributed by atoms with E-state index in [1.165, 1.54) is 6.42 Å². The molecule has 1 saturated carbocycles. The minimum Gasteiger partial charge on any atom is -0.481 e. The summed E-state index contributed by atoms with van der Waals surface area (Å²) in [6.45, 7) is 5.42. The predicted molar refractivity (Wildman–Crippen MR) is 67.2 cm³/mol. The first-order valence-electron chi connectivity index (χ1n) is 6.82. The van der Waals surface area contributed by atoms with Gasteiger partial charge in [-0.05, 0) is 12.8 Å². The number of carbonyl (C=O) groups is 2. The Morgan fingerprint density at radius 1 is 1.22 bits per heavy atom. The van der Waals surface area contributed by atoms with Crippen molar-refractivity contribution in [3.05, 3.63) is 0 Å². The maximum Gasteiger partial charge on any atom is 0.307 e. The molecule has 1 N–H and O–H groups in total. The molecule has 1 amide bonds. The van der Waals surface area contributed by atoms with Crippen molar-refractivity contribution in [1.82, 2.24) is 9.80 Å². The van der Waals surface area contributed by atoms with Gasteiger partial charge in [-0.2, -0.15) is 0 Å². The molecular weight excluding hydrogens is 232 g/mol. The maximum absolute atomic E-state index is 12.0. The molecule has 0 aromatic carbocycles. The number of amides is 1. The zero-order valence-corrected chi connectivity index (χ0v) is 11.0. The van der Waals surface area contributed by atoms with E-state index in [9.17, 15) is 9.59 Å². The lowest BCUT2D eigenvalue weighted by atomic mass is 9.84. The molecule has 2 aliphatic rings. The minimum absolute atomic E-state index is 0.273. The summed E-state index contributed by atoms with van der Waals surface area (Å²) < 4.78 is 0. The molecule has 0 bridgehead atoms. The predicted octanol–water partition coefficient (Wildman–Crippen LogP) is 0.651. The minimum atomic E-state index is -0.747. The largest absolute Gasteiger partial charge is 0.481 e. The molecule has 1 saturated heterocycles. The Balaban J connectivity index is 1.73. The Morgan fingerprint density at radius 3 is 2.28 bits per heavy atom. The van der Waals surface area contributed by atoms with Crippen molar-refractivity contribution >= 4 is 11.9 Å². The molecule has 18 heavy (non-hydrogen) atoms. The third-order valence-corrected chi connectivity index (χ3v) is 4.09. The van der Waals surface area contributed by atoms with Crippen molar-refractivity contribution in [3.8, 4) is 0 Å². The topological polar surface area (TPSA) is 60.9 Å². The maximum atomic E-state index is 12.0. The summed E-state index contributed by atoms with van der Waals surface area (Å²) in [5, 5.41) is 8.87. The van der Waals surface area contributed by atoms with Crippen LogP contribution in [-0.2, 0) is 9.59 Å². The van der Waals surface area contributed by atoms with Gasteiger partial charge in [0, 0.05) is 38.6 Å². The molecule has 0 radical (unpaired) electrons. The summed E-state index contributed by atoms with van der Waals surface area (Å²) in [6, 6.07) is 0. The SMILES string of the molecule is CC(CN1CCN(C(=O)C2CCC2)CC1)C(=O)O. The summed E-state index contributed by atoms with van der Waals surface area (Å²) in [4.78, 5) is 26.9. The number of nitrogens with zero attached hydrogens (tertiary/aromatic N) is 2. The molecule has 0 aromatic rings. The van der Waals surface area contributed by atoms with Crippen LogP contribution in [0.15, 0.2) is 0 Å². The second kappa shape index (κ2) is 5.69. The van der Waals surface area contributed by atoms with Crippen molar-refractivity contribution in [2.75, 3.05) is 32.7 Å². The highest BCUT2D eigenvalue weighted by Gasteiger charge is 2.31. The van der Waals surface area contributed by atoms with Gasteiger partial charge in [-0.15, -0.1) is 0 Å². The molecule has 1 aliphatic heterocycles. The van der Waals surface area contributed by atoms with Crippen molar-refractivity contribution in [1.29, 1.82) is 0 Å². The number of hydrogen-bond acceptors (Lipinski definition) is 3. The summed E-state index contributed by atoms with van der Waals surface area (Å²) in [7, 11) is 0. The number of hydrogen-bond donors (Lipinski definition) is 1. The summed E-state index contributed by atoms with van der Waals surface area (Å²) in [5.74, 6) is -0.497. The van der Waals surface area contributed by atoms with Gasteiger partial charge in [0.1, 0.15) is 0 Å². The molecule has 102 valence electrons. The number of piperazine rings is 1. The smallest absolute Gasteiger partial charge is 0.307 e. The second-order valence-electron chi connectivity index (χ2n) is 5.49. The van der Waals surface area contributed by atoms with Gasteiger partial charge in [0.25, 0.3) is 0 Å². The van der Waals surface area contributed by atoms with E-state index < -0.39 is 5.97 Å². The highest BCUT2D eigenvalue weighted by Crippen LogP contribution is 2.28. The first kappa shape index (κ1) is 13.3. The fourth-order valence-corrected chi connectivity index (χ4v) is 2.53. The molecule has 2 fully saturated rings. The van der Waals surface area contributed by atoms with Crippen molar-refractivity contribution < 1.29 is 14.7 Å². The zero-order chi connectivity index (χ0) is 13.1. The highest BCUT2D eigenvalue weighted by atomic mass is 16.4. The monoisotopic (exact) mass is 254 g/mol. The quantitative estimate of drug-likeness (QED) is 0.800. The lowest BCUT2D eigenvalue weighted by Crippen LogP contribution is -2.52. The molecule has 0 spiro atoms. The van der Waals surface area contributed by atoms with E-state index in [-0.39, 0.29) is 11.8 Å². The van der Waals surface area contributed by atoms with Crippen LogP contribution in [0.4, 0.5) is 0 Å². The van der Waals surface area contributed by atoms with Gasteiger partial charge in [0.2, 0.25) is 5.91 Å². The van der Waals surface area contributed by atoms with Gasteiger partial charge >= 0.3 is 5.97 Å². The fraction of sp³-hybridized carbons (Fsp3) is 0.846. The normalized spacial score (nSPS) is 23.5. The standard InChI is InChI=1S/C13H22N2O3/c1-10(13(17)18)9-14-5-7-15(8-6-14)12(16)11-3-2-4-11/h10-11H,2-9H2,1H3,(H,17,18). The molecule has 1 unspecified atom stereocenters. The Bertz CT molecular complexity index is 320. The van der Waals surface area contributed by atoms with Gasteiger partial charge in [0.15, 0.2) is 0 Å². The molecule has 5 heteroatoms. The van der Waals surface area contributed by atoms with Gasteiger partial charge < -0.3 is 10.0 Å². The molecular formula is C13H22N2O3. The van der Waals surface area contributed by atoms with Crippen molar-refractivity contribution in [2.45, 2.75) is 26.2 Å². The Hall–Kier alpha value is -1.10. The van der Waals surface area contributed by atoms with Crippen LogP contribution in [0.5, 0.6) is 0 Å². The van der Waals surface area contributed by atoms with E-state index in [2.05, 4.69) is 4.90 Å². The Labute approximate surface area is 108 Å². The van der Waals surface area contributed by atoms with Crippen LogP contribution in [0, 0.1) is 11.8 Å². The van der Waals surface area contributed by atoms with Crippen LogP contribution >= 0.6 is 0 Å². The number of rotatable bonds is 4. The Kier molecular flexibility index (Phi) is 4.22. The van der Waals surface area contributed by atoms with Crippen molar-refractivity contribution in [2.24, 2.45) is 11.8 Å². The molecule has 1 atom stereocenters. The summed E-state index contributed by atoms with van der Waals surface area (Å²) in [5.41, 5.74) is 0. The van der Waals surface area contributed by atoms with E-state index in [0.717, 1.165) is 39.0 Å². The lowest BCUT2D eigenvalue weighted by Gasteiger charge is -2.38. The average molecular weight is 254 g/mol. The van der Waals surface area contributed by atoms with Crippen LogP contribution in [0.2, 0.25) is 0 Å². The van der Waals surface area contributed by atoms with Crippen LogP contribution in [-0.4, -0.2) is 59.5 Å². The van der Waals surface area contributed by atoms with E-state index in [1.54, 1.807) is 6.92 Å². The van der Waals surface area contributed by atoms with Crippen molar-refractivity contribution in [3.63, 3.8) is 0 Å². The average Bonchev–Trinajstić information content (AvgIpc) is 2.27. The number of carboxylic acid groups (broad SMARTS) is 1. The van der Waals surface area contributed by atoms with Crippen LogP contribution < -0.4 is 0 Å². The van der Waals surface area contributed by atoms with Crippen LogP contribution in [0.1, 0.15) is 26.2 Å². The molecule has 1 heterocycles. The molecule has 5 nitrogen and oxygen atoms in total. The fourth-order valence-electron chi connectivity index (χ4n) is 2.53. The zero-order valence-electron chi connectivity index (χ0n) is 11.0. The molecule has 2 rings (SSSR count). The summed E-state index contributed by atoms with van der Waals surface area (Å²) >= 11 is 0. The molecule has 1 aliphatic carbocycles. The van der Waals surface area contributed by atoms with Crippen LogP contribution in [0.25, 0.3) is 0 Å². The van der Waals surface area contributed by atoms with Gasteiger partial charge in [-0.25, -0.2) is 0 Å².